The van der Waals surface area contributed by atoms with Crippen LogP contribution in [-0.4, -0.2) is 25.0 Å². The van der Waals surface area contributed by atoms with Gasteiger partial charge in [-0.1, -0.05) is 18.2 Å². The van der Waals surface area contributed by atoms with Gasteiger partial charge in [-0.05, 0) is 31.5 Å². The number of carbonyl (C=O) groups is 1. The van der Waals surface area contributed by atoms with Crippen LogP contribution >= 0.6 is 0 Å². The first-order valence-corrected chi connectivity index (χ1v) is 6.36. The van der Waals surface area contributed by atoms with E-state index in [1.807, 2.05) is 17.0 Å². The van der Waals surface area contributed by atoms with E-state index in [2.05, 4.69) is 24.4 Å². The molecule has 0 saturated carbocycles. The predicted molar refractivity (Wildman–Crippen MR) is 68.0 cm³/mol. The summed E-state index contributed by atoms with van der Waals surface area (Å²) in [5.41, 5.74) is 2.30. The van der Waals surface area contributed by atoms with E-state index in [4.69, 9.17) is 0 Å². The second kappa shape index (κ2) is 4.15. The number of anilines is 1. The van der Waals surface area contributed by atoms with Crippen LogP contribution in [-0.2, 0) is 4.79 Å². The van der Waals surface area contributed by atoms with E-state index in [-0.39, 0.29) is 5.91 Å². The summed E-state index contributed by atoms with van der Waals surface area (Å²) < 4.78 is 0. The van der Waals surface area contributed by atoms with Gasteiger partial charge in [-0.15, -0.1) is 0 Å². The van der Waals surface area contributed by atoms with Crippen molar-refractivity contribution in [1.29, 1.82) is 0 Å². The van der Waals surface area contributed by atoms with Crippen LogP contribution in [0.15, 0.2) is 24.3 Å². The molecule has 2 atom stereocenters. The molecule has 3 heteroatoms. The lowest BCUT2D eigenvalue weighted by Crippen LogP contribution is -2.44. The molecule has 17 heavy (non-hydrogen) atoms. The number of fused-ring (bicyclic) bond motifs is 1. The minimum absolute atomic E-state index is 0.290. The van der Waals surface area contributed by atoms with Crippen molar-refractivity contribution >= 4 is 11.6 Å². The number of hydrogen-bond donors (Lipinski definition) is 1. The predicted octanol–water partition coefficient (Wildman–Crippen LogP) is 1.71. The average molecular weight is 230 g/mol. The molecule has 1 N–H and O–H groups in total. The van der Waals surface area contributed by atoms with Crippen molar-refractivity contribution in [1.82, 2.24) is 5.32 Å². The molecule has 2 fully saturated rings. The molecule has 2 heterocycles. The Kier molecular flexibility index (Phi) is 2.63. The molecule has 90 valence electrons. The van der Waals surface area contributed by atoms with Crippen LogP contribution in [0.25, 0.3) is 0 Å². The Morgan fingerprint density at radius 1 is 1.35 bits per heavy atom. The zero-order valence-electron chi connectivity index (χ0n) is 10.1. The fraction of sp³-hybridized carbons (Fsp3) is 0.500. The molecule has 0 aromatic heterocycles. The highest BCUT2D eigenvalue weighted by Crippen LogP contribution is 2.35. The molecule has 0 radical (unpaired) electrons. The Labute approximate surface area is 102 Å². The average Bonchev–Trinajstić information content (AvgIpc) is 2.66. The first kappa shape index (κ1) is 10.8. The number of amides is 1. The van der Waals surface area contributed by atoms with Crippen molar-refractivity contribution in [3.05, 3.63) is 29.8 Å². The van der Waals surface area contributed by atoms with Gasteiger partial charge < -0.3 is 10.2 Å². The van der Waals surface area contributed by atoms with Crippen LogP contribution in [0.3, 0.4) is 0 Å². The summed E-state index contributed by atoms with van der Waals surface area (Å²) in [6.45, 7) is 4.09. The zero-order valence-corrected chi connectivity index (χ0v) is 10.1. The molecule has 1 amide bonds. The van der Waals surface area contributed by atoms with Gasteiger partial charge in [0.1, 0.15) is 0 Å². The molecule has 3 nitrogen and oxygen atoms in total. The quantitative estimate of drug-likeness (QED) is 0.796. The van der Waals surface area contributed by atoms with Gasteiger partial charge in [0.15, 0.2) is 0 Å². The summed E-state index contributed by atoms with van der Waals surface area (Å²) in [4.78, 5) is 14.2. The molecule has 0 spiro atoms. The second-order valence-corrected chi connectivity index (χ2v) is 5.07. The molecule has 2 aliphatic heterocycles. The third kappa shape index (κ3) is 1.75. The monoisotopic (exact) mass is 230 g/mol. The van der Waals surface area contributed by atoms with Crippen LogP contribution in [0.5, 0.6) is 0 Å². The van der Waals surface area contributed by atoms with E-state index in [1.165, 1.54) is 5.56 Å². The van der Waals surface area contributed by atoms with Gasteiger partial charge in [0, 0.05) is 30.6 Å². The third-order valence-corrected chi connectivity index (χ3v) is 3.98. The molecular formula is C14H18N2O. The summed E-state index contributed by atoms with van der Waals surface area (Å²) >= 11 is 0. The van der Waals surface area contributed by atoms with E-state index in [0.717, 1.165) is 25.2 Å². The Hall–Kier alpha value is -1.35. The van der Waals surface area contributed by atoms with Gasteiger partial charge >= 0.3 is 0 Å². The van der Waals surface area contributed by atoms with Crippen LogP contribution in [0.2, 0.25) is 0 Å². The van der Waals surface area contributed by atoms with E-state index >= 15 is 0 Å². The Bertz CT molecular complexity index is 444. The summed E-state index contributed by atoms with van der Waals surface area (Å²) in [6, 6.07) is 8.60. The first-order chi connectivity index (χ1) is 8.27. The number of piperidine rings is 1. The minimum Gasteiger partial charge on any atom is -0.316 e. The normalized spacial score (nSPS) is 28.3. The summed E-state index contributed by atoms with van der Waals surface area (Å²) in [5.74, 6) is 0.786. The SMILES string of the molecule is Cc1ccccc1N1C(=O)CC2CNCCC21. The van der Waals surface area contributed by atoms with Crippen molar-refractivity contribution in [3.8, 4) is 0 Å². The van der Waals surface area contributed by atoms with Crippen molar-refractivity contribution in [2.45, 2.75) is 25.8 Å². The van der Waals surface area contributed by atoms with Crippen LogP contribution in [0.4, 0.5) is 5.69 Å². The highest BCUT2D eigenvalue weighted by atomic mass is 16.2. The Morgan fingerprint density at radius 3 is 3.00 bits per heavy atom. The fourth-order valence-corrected chi connectivity index (χ4v) is 3.11. The highest BCUT2D eigenvalue weighted by Gasteiger charge is 2.41. The van der Waals surface area contributed by atoms with Crippen molar-refractivity contribution < 1.29 is 4.79 Å². The van der Waals surface area contributed by atoms with Crippen molar-refractivity contribution in [3.63, 3.8) is 0 Å². The largest absolute Gasteiger partial charge is 0.316 e. The van der Waals surface area contributed by atoms with Crippen LogP contribution in [0, 0.1) is 12.8 Å². The first-order valence-electron chi connectivity index (χ1n) is 6.36. The van der Waals surface area contributed by atoms with Crippen LogP contribution in [0.1, 0.15) is 18.4 Å². The van der Waals surface area contributed by atoms with Gasteiger partial charge in [-0.2, -0.15) is 0 Å². The summed E-state index contributed by atoms with van der Waals surface area (Å²) in [7, 11) is 0. The number of carbonyl (C=O) groups excluding carboxylic acids is 1. The topological polar surface area (TPSA) is 32.3 Å². The van der Waals surface area contributed by atoms with Crippen molar-refractivity contribution in [2.24, 2.45) is 5.92 Å². The molecule has 2 unspecified atom stereocenters. The molecule has 1 aromatic carbocycles. The molecule has 2 saturated heterocycles. The minimum atomic E-state index is 0.290. The highest BCUT2D eigenvalue weighted by molar-refractivity contribution is 5.97. The third-order valence-electron chi connectivity index (χ3n) is 3.98. The van der Waals surface area contributed by atoms with Gasteiger partial charge in [-0.3, -0.25) is 4.79 Å². The van der Waals surface area contributed by atoms with E-state index in [1.54, 1.807) is 0 Å². The molecular weight excluding hydrogens is 212 g/mol. The Balaban J connectivity index is 1.96. The maximum Gasteiger partial charge on any atom is 0.227 e. The maximum absolute atomic E-state index is 12.2. The number of hydrogen-bond acceptors (Lipinski definition) is 2. The molecule has 2 aliphatic rings. The summed E-state index contributed by atoms with van der Waals surface area (Å²) in [5, 5.41) is 3.38. The standard InChI is InChI=1S/C14H18N2O/c1-10-4-2-3-5-12(10)16-13-6-7-15-9-11(13)8-14(16)17/h2-5,11,13,15H,6-9H2,1H3. The van der Waals surface area contributed by atoms with E-state index in [0.29, 0.717) is 18.4 Å². The zero-order chi connectivity index (χ0) is 11.8. The molecule has 3 rings (SSSR count). The smallest absolute Gasteiger partial charge is 0.227 e. The van der Waals surface area contributed by atoms with Gasteiger partial charge in [0.05, 0.1) is 0 Å². The van der Waals surface area contributed by atoms with Gasteiger partial charge in [-0.25, -0.2) is 0 Å². The lowest BCUT2D eigenvalue weighted by atomic mass is 9.94. The van der Waals surface area contributed by atoms with Crippen LogP contribution < -0.4 is 10.2 Å². The number of benzene rings is 1. The molecule has 0 bridgehead atoms. The van der Waals surface area contributed by atoms with Gasteiger partial charge in [0.2, 0.25) is 5.91 Å². The Morgan fingerprint density at radius 2 is 2.18 bits per heavy atom. The molecule has 1 aromatic rings. The lowest BCUT2D eigenvalue weighted by molar-refractivity contribution is -0.117. The number of nitrogens with one attached hydrogen (secondary N) is 1. The second-order valence-electron chi connectivity index (χ2n) is 5.07. The van der Waals surface area contributed by atoms with E-state index in [9.17, 15) is 4.79 Å². The number of para-hydroxylation sites is 1. The molecule has 0 aliphatic carbocycles. The number of rotatable bonds is 1. The number of aryl methyl sites for hydroxylation is 1. The van der Waals surface area contributed by atoms with Gasteiger partial charge in [0.25, 0.3) is 0 Å². The number of nitrogens with zero attached hydrogens (tertiary/aromatic N) is 1. The fourth-order valence-electron chi connectivity index (χ4n) is 3.11. The van der Waals surface area contributed by atoms with Crippen molar-refractivity contribution in [2.75, 3.05) is 18.0 Å². The van der Waals surface area contributed by atoms with E-state index < -0.39 is 0 Å². The lowest BCUT2D eigenvalue weighted by Gasteiger charge is -2.32. The summed E-state index contributed by atoms with van der Waals surface area (Å²) in [6.07, 6.45) is 1.77. The maximum atomic E-state index is 12.2.